The number of nitrogens with one attached hydrogen (secondary N) is 1. The van der Waals surface area contributed by atoms with Gasteiger partial charge < -0.3 is 14.9 Å². The third-order valence-corrected chi connectivity index (χ3v) is 5.01. The molecule has 0 bridgehead atoms. The van der Waals surface area contributed by atoms with Gasteiger partial charge in [0.2, 0.25) is 0 Å². The molecule has 1 aromatic carbocycles. The minimum Gasteiger partial charge on any atom is -0.450 e. The van der Waals surface area contributed by atoms with E-state index in [1.165, 1.54) is 16.6 Å². The van der Waals surface area contributed by atoms with Crippen LogP contribution in [0.1, 0.15) is 43.8 Å². The predicted octanol–water partition coefficient (Wildman–Crippen LogP) is 2.97. The highest BCUT2D eigenvalue weighted by Crippen LogP contribution is 2.30. The number of anilines is 2. The number of aromatic nitrogens is 2. The van der Waals surface area contributed by atoms with Gasteiger partial charge in [0.1, 0.15) is 11.4 Å². The zero-order chi connectivity index (χ0) is 23.6. The molecule has 0 radical (unpaired) electrons. The minimum absolute atomic E-state index is 0.0125. The van der Waals surface area contributed by atoms with E-state index < -0.39 is 17.2 Å². The molecule has 0 atom stereocenters. The first kappa shape index (κ1) is 23.3. The maximum Gasteiger partial charge on any atom is 0.330 e. The van der Waals surface area contributed by atoms with Crippen molar-refractivity contribution < 1.29 is 13.9 Å². The summed E-state index contributed by atoms with van der Waals surface area (Å²) in [6, 6.07) is 7.28. The number of fused-ring (bicyclic) bond motifs is 1. The molecule has 0 fully saturated rings. The van der Waals surface area contributed by atoms with Gasteiger partial charge in [-0.3, -0.25) is 24.0 Å². The van der Waals surface area contributed by atoms with Crippen LogP contribution in [0, 0.1) is 11.8 Å². The van der Waals surface area contributed by atoms with Gasteiger partial charge in [-0.1, -0.05) is 45.9 Å². The Morgan fingerprint density at radius 1 is 1.19 bits per heavy atom. The Morgan fingerprint density at radius 2 is 1.88 bits per heavy atom. The van der Waals surface area contributed by atoms with E-state index in [1.807, 2.05) is 45.9 Å². The molecular weight excluding hydrogens is 412 g/mol. The third-order valence-electron chi connectivity index (χ3n) is 5.01. The van der Waals surface area contributed by atoms with Crippen molar-refractivity contribution in [2.45, 2.75) is 40.8 Å². The summed E-state index contributed by atoms with van der Waals surface area (Å²) < 4.78 is 12.5. The number of H-pyrrole nitrogens is 1. The SMILES string of the molecule is COCc1c(C(=O)N(CC(C)C)c2c(N)n(CC(C)C)c(=O)[nH]c2=O)oc2ccccc12. The Balaban J connectivity index is 2.22. The summed E-state index contributed by atoms with van der Waals surface area (Å²) in [4.78, 5) is 42.6. The molecule has 0 aliphatic heterocycles. The monoisotopic (exact) mass is 442 g/mol. The number of aromatic amines is 1. The molecular formula is C23H30N4O5. The first-order chi connectivity index (χ1) is 15.1. The topological polar surface area (TPSA) is 124 Å². The lowest BCUT2D eigenvalue weighted by molar-refractivity contribution is 0.0952. The molecule has 0 saturated heterocycles. The normalized spacial score (nSPS) is 11.6. The lowest BCUT2D eigenvalue weighted by Crippen LogP contribution is -2.43. The van der Waals surface area contributed by atoms with E-state index in [1.54, 1.807) is 6.07 Å². The minimum atomic E-state index is -0.717. The highest BCUT2D eigenvalue weighted by molar-refractivity contribution is 6.09. The summed E-state index contributed by atoms with van der Waals surface area (Å²) in [6.07, 6.45) is 0. The number of para-hydroxylation sites is 1. The number of hydrogen-bond donors (Lipinski definition) is 2. The molecule has 32 heavy (non-hydrogen) atoms. The molecule has 0 aliphatic rings. The van der Waals surface area contributed by atoms with Crippen LogP contribution in [-0.2, 0) is 17.9 Å². The smallest absolute Gasteiger partial charge is 0.330 e. The number of nitrogens with zero attached hydrogens (tertiary/aromatic N) is 2. The van der Waals surface area contributed by atoms with Crippen LogP contribution >= 0.6 is 0 Å². The number of rotatable bonds is 8. The van der Waals surface area contributed by atoms with E-state index in [0.717, 1.165) is 5.39 Å². The van der Waals surface area contributed by atoms with Gasteiger partial charge >= 0.3 is 5.69 Å². The van der Waals surface area contributed by atoms with E-state index in [0.29, 0.717) is 17.7 Å². The Kier molecular flexibility index (Phi) is 6.88. The molecule has 1 amide bonds. The van der Waals surface area contributed by atoms with Gasteiger partial charge in [0.25, 0.3) is 11.5 Å². The van der Waals surface area contributed by atoms with Crippen LogP contribution < -0.4 is 21.9 Å². The van der Waals surface area contributed by atoms with Gasteiger partial charge in [-0.25, -0.2) is 4.79 Å². The molecule has 0 saturated carbocycles. The number of carbonyl (C=O) groups is 1. The molecule has 2 heterocycles. The largest absolute Gasteiger partial charge is 0.450 e. The Hall–Kier alpha value is -3.33. The van der Waals surface area contributed by atoms with Crippen LogP contribution in [0.2, 0.25) is 0 Å². The number of furan rings is 1. The zero-order valence-electron chi connectivity index (χ0n) is 19.1. The number of amides is 1. The average molecular weight is 443 g/mol. The van der Waals surface area contributed by atoms with Crippen LogP contribution in [0.25, 0.3) is 11.0 Å². The second kappa shape index (κ2) is 9.44. The summed E-state index contributed by atoms with van der Waals surface area (Å²) >= 11 is 0. The van der Waals surface area contributed by atoms with Gasteiger partial charge in [0.05, 0.1) is 6.61 Å². The van der Waals surface area contributed by atoms with Crippen molar-refractivity contribution in [3.05, 3.63) is 56.4 Å². The summed E-state index contributed by atoms with van der Waals surface area (Å²) in [5.74, 6) is -0.376. The Labute approximate surface area is 185 Å². The average Bonchev–Trinajstić information content (AvgIpc) is 3.08. The number of methoxy groups -OCH3 is 1. The van der Waals surface area contributed by atoms with Crippen LogP contribution in [0.4, 0.5) is 11.5 Å². The summed E-state index contributed by atoms with van der Waals surface area (Å²) in [5, 5.41) is 0.758. The van der Waals surface area contributed by atoms with E-state index in [9.17, 15) is 14.4 Å². The van der Waals surface area contributed by atoms with Crippen molar-refractivity contribution in [2.75, 3.05) is 24.3 Å². The number of carbonyl (C=O) groups excluding carboxylic acids is 1. The second-order valence-electron chi connectivity index (χ2n) is 8.65. The number of hydrogen-bond acceptors (Lipinski definition) is 6. The van der Waals surface area contributed by atoms with Gasteiger partial charge in [0.15, 0.2) is 11.4 Å². The fourth-order valence-electron chi connectivity index (χ4n) is 3.71. The fraction of sp³-hybridized carbons (Fsp3) is 0.435. The fourth-order valence-corrected chi connectivity index (χ4v) is 3.71. The van der Waals surface area contributed by atoms with Gasteiger partial charge in [-0.15, -0.1) is 0 Å². The zero-order valence-corrected chi connectivity index (χ0v) is 19.1. The van der Waals surface area contributed by atoms with Gasteiger partial charge in [-0.2, -0.15) is 0 Å². The summed E-state index contributed by atoms with van der Waals surface area (Å²) in [7, 11) is 1.53. The molecule has 2 aromatic heterocycles. The second-order valence-corrected chi connectivity index (χ2v) is 8.65. The lowest BCUT2D eigenvalue weighted by Gasteiger charge is -2.26. The standard InChI is InChI=1S/C23H30N4O5/c1-13(2)10-26(18-20(24)27(11-14(3)4)23(30)25-21(18)28)22(29)19-16(12-31-5)15-8-6-7-9-17(15)32-19/h6-9,13-14H,10-12,24H2,1-5H3,(H,25,28,30). The highest BCUT2D eigenvalue weighted by Gasteiger charge is 2.30. The van der Waals surface area contributed by atoms with E-state index in [2.05, 4.69) is 4.98 Å². The first-order valence-electron chi connectivity index (χ1n) is 10.6. The number of ether oxygens (including phenoxy) is 1. The molecule has 3 rings (SSSR count). The van der Waals surface area contributed by atoms with E-state index in [-0.39, 0.29) is 42.3 Å². The molecule has 3 N–H and O–H groups in total. The molecule has 0 unspecified atom stereocenters. The van der Waals surface area contributed by atoms with Crippen molar-refractivity contribution in [1.29, 1.82) is 0 Å². The van der Waals surface area contributed by atoms with Crippen LogP contribution in [0.15, 0.2) is 38.3 Å². The van der Waals surface area contributed by atoms with E-state index in [4.69, 9.17) is 14.9 Å². The molecule has 0 spiro atoms. The quantitative estimate of drug-likeness (QED) is 0.553. The lowest BCUT2D eigenvalue weighted by atomic mass is 10.1. The molecule has 172 valence electrons. The third kappa shape index (κ3) is 4.47. The molecule has 0 aliphatic carbocycles. The maximum absolute atomic E-state index is 13.7. The van der Waals surface area contributed by atoms with Gasteiger partial charge in [0, 0.05) is 31.1 Å². The maximum atomic E-state index is 13.7. The van der Waals surface area contributed by atoms with Crippen LogP contribution in [0.3, 0.4) is 0 Å². The van der Waals surface area contributed by atoms with Crippen LogP contribution in [0.5, 0.6) is 0 Å². The Morgan fingerprint density at radius 3 is 2.50 bits per heavy atom. The summed E-state index contributed by atoms with van der Waals surface area (Å²) in [5.41, 5.74) is 6.04. The Bertz CT molecular complexity index is 1240. The van der Waals surface area contributed by atoms with Crippen molar-refractivity contribution in [3.63, 3.8) is 0 Å². The van der Waals surface area contributed by atoms with Crippen molar-refractivity contribution >= 4 is 28.4 Å². The van der Waals surface area contributed by atoms with Crippen molar-refractivity contribution in [2.24, 2.45) is 11.8 Å². The van der Waals surface area contributed by atoms with Crippen molar-refractivity contribution in [1.82, 2.24) is 9.55 Å². The molecule has 3 aromatic rings. The van der Waals surface area contributed by atoms with E-state index >= 15 is 0 Å². The predicted molar refractivity (Wildman–Crippen MR) is 124 cm³/mol. The number of benzene rings is 1. The molecule has 9 nitrogen and oxygen atoms in total. The van der Waals surface area contributed by atoms with Gasteiger partial charge in [-0.05, 0) is 17.9 Å². The van der Waals surface area contributed by atoms with Crippen molar-refractivity contribution in [3.8, 4) is 0 Å². The highest BCUT2D eigenvalue weighted by atomic mass is 16.5. The first-order valence-corrected chi connectivity index (χ1v) is 10.6. The van der Waals surface area contributed by atoms with Crippen LogP contribution in [-0.4, -0.2) is 29.1 Å². The molecule has 9 heteroatoms. The number of nitrogen functional groups attached to an aromatic ring is 1. The number of nitrogens with two attached hydrogens (primary N) is 1. The summed E-state index contributed by atoms with van der Waals surface area (Å²) in [6.45, 7) is 8.37.